The van der Waals surface area contributed by atoms with Gasteiger partial charge in [-0.05, 0) is 58.5 Å². The zero-order valence-electron chi connectivity index (χ0n) is 16.8. The van der Waals surface area contributed by atoms with Gasteiger partial charge < -0.3 is 14.6 Å². The van der Waals surface area contributed by atoms with Gasteiger partial charge in [0.15, 0.2) is 0 Å². The molecule has 7 nitrogen and oxygen atoms in total. The van der Waals surface area contributed by atoms with Gasteiger partial charge in [0.25, 0.3) is 5.91 Å². The van der Waals surface area contributed by atoms with Gasteiger partial charge in [0.2, 0.25) is 0 Å². The molecular weight excluding hydrogens is 388 g/mol. The van der Waals surface area contributed by atoms with Gasteiger partial charge in [-0.2, -0.15) is 0 Å². The molecule has 1 aromatic carbocycles. The second-order valence-corrected chi connectivity index (χ2v) is 8.03. The van der Waals surface area contributed by atoms with E-state index in [1.807, 2.05) is 39.0 Å². The quantitative estimate of drug-likeness (QED) is 0.630. The Labute approximate surface area is 173 Å². The summed E-state index contributed by atoms with van der Waals surface area (Å²) in [5.74, 6) is 1.31. The lowest BCUT2D eigenvalue weighted by Gasteiger charge is -2.30. The first kappa shape index (κ1) is 19.6. The Hall–Kier alpha value is -2.71. The second kappa shape index (κ2) is 8.34. The molecule has 3 aromatic rings. The highest BCUT2D eigenvalue weighted by Gasteiger charge is 2.19. The molecule has 2 aromatic heterocycles. The summed E-state index contributed by atoms with van der Waals surface area (Å²) in [6.07, 6.45) is 1.26. The first-order valence-electron chi connectivity index (χ1n) is 9.67. The van der Waals surface area contributed by atoms with Crippen LogP contribution in [0.3, 0.4) is 0 Å². The first-order chi connectivity index (χ1) is 14.0. The number of carbonyl (C=O) groups is 1. The second-order valence-electron chi connectivity index (χ2n) is 7.17. The Balaban J connectivity index is 1.60. The molecule has 152 valence electrons. The summed E-state index contributed by atoms with van der Waals surface area (Å²) in [6, 6.07) is 5.67. The van der Waals surface area contributed by atoms with Crippen LogP contribution in [0.5, 0.6) is 5.75 Å². The fourth-order valence-electron chi connectivity index (χ4n) is 3.39. The Kier molecular flexibility index (Phi) is 5.64. The molecule has 0 radical (unpaired) electrons. The lowest BCUT2D eigenvalue weighted by atomic mass is 10.0. The van der Waals surface area contributed by atoms with E-state index in [-0.39, 0.29) is 5.91 Å². The van der Waals surface area contributed by atoms with Crippen molar-refractivity contribution in [2.24, 2.45) is 0 Å². The van der Waals surface area contributed by atoms with Crippen LogP contribution < -0.4 is 10.1 Å². The van der Waals surface area contributed by atoms with Crippen LogP contribution in [0.25, 0.3) is 11.1 Å². The van der Waals surface area contributed by atoms with Crippen molar-refractivity contribution >= 4 is 22.9 Å². The zero-order valence-corrected chi connectivity index (χ0v) is 17.6. The molecule has 0 bridgehead atoms. The molecule has 1 N–H and O–H groups in total. The molecule has 0 saturated carbocycles. The Morgan fingerprint density at radius 1 is 1.28 bits per heavy atom. The minimum atomic E-state index is -0.166. The summed E-state index contributed by atoms with van der Waals surface area (Å²) in [7, 11) is 0. The van der Waals surface area contributed by atoms with Gasteiger partial charge in [-0.1, -0.05) is 5.16 Å². The monoisotopic (exact) mass is 412 g/mol. The number of thiazole rings is 1. The highest BCUT2D eigenvalue weighted by atomic mass is 32.1. The standard InChI is InChI=1S/C21H24N4O3S/c1-13-19(15(3)28-24-13)17-11-16(23-21(26)20-14(2)22-12-29-20)5-6-18(17)27-10-9-25-7-4-8-25/h5-6,11-12H,4,7-10H2,1-3H3,(H,23,26). The maximum Gasteiger partial charge on any atom is 0.267 e. The van der Waals surface area contributed by atoms with Gasteiger partial charge in [0, 0.05) is 17.8 Å². The highest BCUT2D eigenvalue weighted by Crippen LogP contribution is 2.37. The number of nitrogens with zero attached hydrogens (tertiary/aromatic N) is 3. The van der Waals surface area contributed by atoms with Gasteiger partial charge >= 0.3 is 0 Å². The zero-order chi connectivity index (χ0) is 20.4. The van der Waals surface area contributed by atoms with E-state index in [0.29, 0.717) is 17.2 Å². The minimum Gasteiger partial charge on any atom is -0.492 e. The van der Waals surface area contributed by atoms with E-state index in [2.05, 4.69) is 20.4 Å². The number of likely N-dealkylation sites (tertiary alicyclic amines) is 1. The molecule has 0 unspecified atom stereocenters. The first-order valence-corrected chi connectivity index (χ1v) is 10.5. The molecule has 1 saturated heterocycles. The molecule has 0 atom stereocenters. The lowest BCUT2D eigenvalue weighted by molar-refractivity contribution is 0.103. The average molecular weight is 413 g/mol. The third kappa shape index (κ3) is 4.18. The SMILES string of the molecule is Cc1ncsc1C(=O)Nc1ccc(OCCN2CCC2)c(-c2c(C)noc2C)c1. The summed E-state index contributed by atoms with van der Waals surface area (Å²) in [4.78, 5) is 19.7. The summed E-state index contributed by atoms with van der Waals surface area (Å²) < 4.78 is 11.5. The number of carbonyl (C=O) groups excluding carboxylic acids is 1. The van der Waals surface area contributed by atoms with Crippen molar-refractivity contribution in [1.29, 1.82) is 0 Å². The predicted molar refractivity (Wildman–Crippen MR) is 113 cm³/mol. The molecule has 3 heterocycles. The van der Waals surface area contributed by atoms with Gasteiger partial charge in [0.05, 0.1) is 22.5 Å². The van der Waals surface area contributed by atoms with Crippen molar-refractivity contribution < 1.29 is 14.1 Å². The van der Waals surface area contributed by atoms with Crippen LogP contribution in [-0.2, 0) is 0 Å². The van der Waals surface area contributed by atoms with Crippen molar-refractivity contribution in [3.63, 3.8) is 0 Å². The number of nitrogens with one attached hydrogen (secondary N) is 1. The smallest absolute Gasteiger partial charge is 0.267 e. The number of hydrogen-bond donors (Lipinski definition) is 1. The fourth-order valence-corrected chi connectivity index (χ4v) is 4.09. The molecule has 1 aliphatic heterocycles. The van der Waals surface area contributed by atoms with E-state index < -0.39 is 0 Å². The Bertz CT molecular complexity index is 1000. The van der Waals surface area contributed by atoms with Crippen molar-refractivity contribution in [3.8, 4) is 16.9 Å². The van der Waals surface area contributed by atoms with Gasteiger partial charge in [-0.15, -0.1) is 11.3 Å². The van der Waals surface area contributed by atoms with E-state index >= 15 is 0 Å². The molecule has 0 spiro atoms. The Morgan fingerprint density at radius 2 is 2.10 bits per heavy atom. The summed E-state index contributed by atoms with van der Waals surface area (Å²) in [5, 5.41) is 7.04. The van der Waals surface area contributed by atoms with Gasteiger partial charge in [-0.25, -0.2) is 4.98 Å². The molecule has 29 heavy (non-hydrogen) atoms. The molecule has 1 fully saturated rings. The number of benzene rings is 1. The number of rotatable bonds is 7. The number of aromatic nitrogens is 2. The number of ether oxygens (including phenoxy) is 1. The number of amides is 1. The van der Waals surface area contributed by atoms with E-state index in [0.717, 1.165) is 53.7 Å². The van der Waals surface area contributed by atoms with Crippen LogP contribution in [-0.4, -0.2) is 47.2 Å². The molecule has 1 amide bonds. The third-order valence-corrected chi connectivity index (χ3v) is 6.03. The van der Waals surface area contributed by atoms with Crippen LogP contribution in [0.2, 0.25) is 0 Å². The summed E-state index contributed by atoms with van der Waals surface area (Å²) in [6.45, 7) is 9.42. The number of aryl methyl sites for hydroxylation is 3. The predicted octanol–water partition coefficient (Wildman–Crippen LogP) is 4.06. The lowest BCUT2D eigenvalue weighted by Crippen LogP contribution is -2.39. The number of hydrogen-bond acceptors (Lipinski definition) is 7. The topological polar surface area (TPSA) is 80.5 Å². The van der Waals surface area contributed by atoms with Gasteiger partial charge in [0.1, 0.15) is 23.0 Å². The van der Waals surface area contributed by atoms with E-state index in [1.54, 1.807) is 5.51 Å². The van der Waals surface area contributed by atoms with Crippen molar-refractivity contribution in [2.75, 3.05) is 31.6 Å². The average Bonchev–Trinajstić information content (AvgIpc) is 3.23. The maximum atomic E-state index is 12.6. The Morgan fingerprint density at radius 3 is 2.72 bits per heavy atom. The summed E-state index contributed by atoms with van der Waals surface area (Å²) >= 11 is 1.33. The normalized spacial score (nSPS) is 13.9. The van der Waals surface area contributed by atoms with Crippen molar-refractivity contribution in [3.05, 3.63) is 45.7 Å². The van der Waals surface area contributed by atoms with E-state index in [9.17, 15) is 4.79 Å². The fraction of sp³-hybridized carbons (Fsp3) is 0.381. The molecular formula is C21H24N4O3S. The van der Waals surface area contributed by atoms with Gasteiger partial charge in [-0.3, -0.25) is 9.69 Å². The van der Waals surface area contributed by atoms with Crippen molar-refractivity contribution in [1.82, 2.24) is 15.0 Å². The van der Waals surface area contributed by atoms with E-state index in [4.69, 9.17) is 9.26 Å². The van der Waals surface area contributed by atoms with Crippen LogP contribution in [0.4, 0.5) is 5.69 Å². The molecule has 1 aliphatic rings. The molecule has 4 rings (SSSR count). The largest absolute Gasteiger partial charge is 0.492 e. The third-order valence-electron chi connectivity index (χ3n) is 5.11. The van der Waals surface area contributed by atoms with E-state index in [1.165, 1.54) is 17.8 Å². The number of anilines is 1. The molecule has 8 heteroatoms. The summed E-state index contributed by atoms with van der Waals surface area (Å²) in [5.41, 5.74) is 5.64. The van der Waals surface area contributed by atoms with Crippen LogP contribution in [0.15, 0.2) is 28.2 Å². The van der Waals surface area contributed by atoms with Crippen molar-refractivity contribution in [2.45, 2.75) is 27.2 Å². The maximum absolute atomic E-state index is 12.6. The van der Waals surface area contributed by atoms with Crippen LogP contribution >= 0.6 is 11.3 Å². The van der Waals surface area contributed by atoms with Crippen LogP contribution in [0, 0.1) is 20.8 Å². The molecule has 0 aliphatic carbocycles. The van der Waals surface area contributed by atoms with Crippen LogP contribution in [0.1, 0.15) is 33.2 Å². The minimum absolute atomic E-state index is 0.166. The highest BCUT2D eigenvalue weighted by molar-refractivity contribution is 7.12.